The van der Waals surface area contributed by atoms with E-state index in [9.17, 15) is 18.0 Å². The van der Waals surface area contributed by atoms with Gasteiger partial charge in [0.2, 0.25) is 11.8 Å². The third kappa shape index (κ3) is 7.69. The Morgan fingerprint density at radius 1 is 0.872 bits per heavy atom. The molecule has 0 bridgehead atoms. The fourth-order valence-corrected chi connectivity index (χ4v) is 5.71. The Morgan fingerprint density at radius 3 is 2.00 bits per heavy atom. The zero-order valence-electron chi connectivity index (χ0n) is 23.6. The number of benzene rings is 3. The molecule has 0 fully saturated rings. The highest BCUT2D eigenvalue weighted by molar-refractivity contribution is 7.92. The van der Waals surface area contributed by atoms with Crippen molar-refractivity contribution >= 4 is 27.5 Å². The zero-order valence-corrected chi connectivity index (χ0v) is 24.5. The predicted octanol–water partition coefficient (Wildman–Crippen LogP) is 5.22. The van der Waals surface area contributed by atoms with Crippen LogP contribution in [0.2, 0.25) is 0 Å². The summed E-state index contributed by atoms with van der Waals surface area (Å²) in [5.74, 6) is -0.745. The maximum atomic E-state index is 14.1. The summed E-state index contributed by atoms with van der Waals surface area (Å²) < 4.78 is 28.9. The first-order chi connectivity index (χ1) is 18.3. The first-order valence-corrected chi connectivity index (χ1v) is 14.6. The summed E-state index contributed by atoms with van der Waals surface area (Å²) in [6, 6.07) is 22.0. The number of carbonyl (C=O) groups is 2. The number of anilines is 1. The van der Waals surface area contributed by atoms with Crippen LogP contribution in [0.1, 0.15) is 50.8 Å². The monoisotopic (exact) mass is 549 g/mol. The first-order valence-electron chi connectivity index (χ1n) is 13.1. The number of sulfonamides is 1. The van der Waals surface area contributed by atoms with E-state index in [-0.39, 0.29) is 17.3 Å². The molecule has 0 aliphatic rings. The van der Waals surface area contributed by atoms with E-state index in [1.807, 2.05) is 77.9 Å². The smallest absolute Gasteiger partial charge is 0.264 e. The van der Waals surface area contributed by atoms with Crippen LogP contribution in [0.5, 0.6) is 0 Å². The van der Waals surface area contributed by atoms with Gasteiger partial charge in [0, 0.05) is 12.1 Å². The Morgan fingerprint density at radius 2 is 1.46 bits per heavy atom. The molecule has 1 N–H and O–H groups in total. The molecule has 0 aliphatic heterocycles. The second-order valence-corrected chi connectivity index (χ2v) is 12.6. The van der Waals surface area contributed by atoms with E-state index >= 15 is 0 Å². The molecule has 1 atom stereocenters. The van der Waals surface area contributed by atoms with Crippen molar-refractivity contribution in [2.75, 3.05) is 10.8 Å². The summed E-state index contributed by atoms with van der Waals surface area (Å²) in [5, 5.41) is 2.98. The lowest BCUT2D eigenvalue weighted by molar-refractivity contribution is -0.141. The average molecular weight is 550 g/mol. The normalized spacial score (nSPS) is 12.5. The molecule has 0 aromatic heterocycles. The molecule has 39 heavy (non-hydrogen) atoms. The molecule has 0 saturated carbocycles. The molecule has 0 spiro atoms. The molecule has 3 rings (SSSR count). The summed E-state index contributed by atoms with van der Waals surface area (Å²) in [5.41, 5.74) is 2.66. The van der Waals surface area contributed by atoms with Gasteiger partial charge in [-0.1, -0.05) is 61.5 Å². The Kier molecular flexibility index (Phi) is 9.56. The lowest BCUT2D eigenvalue weighted by Gasteiger charge is -2.35. The summed E-state index contributed by atoms with van der Waals surface area (Å²) in [6.07, 6.45) is 0.371. The third-order valence-electron chi connectivity index (χ3n) is 6.47. The number of nitrogens with one attached hydrogen (secondary N) is 1. The van der Waals surface area contributed by atoms with Gasteiger partial charge in [-0.2, -0.15) is 0 Å². The largest absolute Gasteiger partial charge is 0.350 e. The highest BCUT2D eigenvalue weighted by Crippen LogP contribution is 2.26. The van der Waals surface area contributed by atoms with Gasteiger partial charge in [0.05, 0.1) is 10.6 Å². The number of rotatable bonds is 10. The van der Waals surface area contributed by atoms with Crippen molar-refractivity contribution in [2.24, 2.45) is 0 Å². The molecule has 0 aliphatic carbocycles. The Labute approximate surface area is 232 Å². The van der Waals surface area contributed by atoms with Crippen molar-refractivity contribution in [1.29, 1.82) is 0 Å². The minimum absolute atomic E-state index is 0.0863. The lowest BCUT2D eigenvalue weighted by atomic mass is 10.1. The number of hydrogen-bond donors (Lipinski definition) is 1. The van der Waals surface area contributed by atoms with Gasteiger partial charge in [0.1, 0.15) is 12.6 Å². The maximum absolute atomic E-state index is 14.1. The van der Waals surface area contributed by atoms with Crippen LogP contribution < -0.4 is 9.62 Å². The Balaban J connectivity index is 2.07. The van der Waals surface area contributed by atoms with Gasteiger partial charge in [0.25, 0.3) is 10.0 Å². The van der Waals surface area contributed by atoms with Crippen LogP contribution in [-0.4, -0.2) is 43.3 Å². The van der Waals surface area contributed by atoms with E-state index in [0.29, 0.717) is 12.1 Å². The van der Waals surface area contributed by atoms with Crippen LogP contribution in [0.25, 0.3) is 0 Å². The number of hydrogen-bond acceptors (Lipinski definition) is 4. The molecule has 3 aromatic carbocycles. The van der Waals surface area contributed by atoms with Crippen LogP contribution in [-0.2, 0) is 26.2 Å². The van der Waals surface area contributed by atoms with Crippen LogP contribution >= 0.6 is 0 Å². The van der Waals surface area contributed by atoms with Crippen LogP contribution in [0.3, 0.4) is 0 Å². The van der Waals surface area contributed by atoms with Crippen LogP contribution in [0.4, 0.5) is 5.69 Å². The van der Waals surface area contributed by atoms with Crippen molar-refractivity contribution in [3.05, 3.63) is 95.6 Å². The van der Waals surface area contributed by atoms with Crippen molar-refractivity contribution in [3.63, 3.8) is 0 Å². The van der Waals surface area contributed by atoms with Gasteiger partial charge >= 0.3 is 0 Å². The maximum Gasteiger partial charge on any atom is 0.264 e. The summed E-state index contributed by atoms with van der Waals surface area (Å²) in [6.45, 7) is 11.1. The Bertz CT molecular complexity index is 1380. The van der Waals surface area contributed by atoms with Crippen molar-refractivity contribution in [1.82, 2.24) is 10.2 Å². The van der Waals surface area contributed by atoms with E-state index in [0.717, 1.165) is 21.0 Å². The molecule has 0 heterocycles. The average Bonchev–Trinajstić information content (AvgIpc) is 2.88. The van der Waals surface area contributed by atoms with Crippen LogP contribution in [0.15, 0.2) is 83.8 Å². The first kappa shape index (κ1) is 29.9. The molecule has 0 saturated heterocycles. The highest BCUT2D eigenvalue weighted by atomic mass is 32.2. The minimum Gasteiger partial charge on any atom is -0.350 e. The molecule has 7 nitrogen and oxygen atoms in total. The molecule has 3 aromatic rings. The molecule has 2 amide bonds. The zero-order chi connectivity index (χ0) is 28.8. The SMILES string of the molecule is CCC(C(=O)NC(C)(C)C)N(Cc1ccccc1)C(=O)CN(c1ccc(C)c(C)c1)S(=O)(=O)c1ccccc1. The fraction of sp³-hybridized carbons (Fsp3) is 0.355. The van der Waals surface area contributed by atoms with E-state index in [1.165, 1.54) is 17.0 Å². The van der Waals surface area contributed by atoms with Gasteiger partial charge in [-0.15, -0.1) is 0 Å². The molecule has 1 unspecified atom stereocenters. The lowest BCUT2D eigenvalue weighted by Crippen LogP contribution is -2.55. The van der Waals surface area contributed by atoms with Crippen molar-refractivity contribution in [2.45, 2.75) is 71.0 Å². The summed E-state index contributed by atoms with van der Waals surface area (Å²) in [4.78, 5) is 29.0. The minimum atomic E-state index is -4.08. The van der Waals surface area contributed by atoms with Crippen molar-refractivity contribution in [3.8, 4) is 0 Å². The van der Waals surface area contributed by atoms with Crippen molar-refractivity contribution < 1.29 is 18.0 Å². The molecule has 0 radical (unpaired) electrons. The summed E-state index contributed by atoms with van der Waals surface area (Å²) in [7, 11) is -4.08. The predicted molar refractivity (Wildman–Crippen MR) is 156 cm³/mol. The van der Waals surface area contributed by atoms with Gasteiger partial charge in [-0.3, -0.25) is 13.9 Å². The van der Waals surface area contributed by atoms with E-state index in [4.69, 9.17) is 0 Å². The fourth-order valence-electron chi connectivity index (χ4n) is 4.28. The van der Waals surface area contributed by atoms with E-state index in [2.05, 4.69) is 5.32 Å². The number of carbonyl (C=O) groups excluding carboxylic acids is 2. The molecule has 8 heteroatoms. The molecular weight excluding hydrogens is 510 g/mol. The number of nitrogens with zero attached hydrogens (tertiary/aromatic N) is 2. The van der Waals surface area contributed by atoms with Crippen LogP contribution in [0, 0.1) is 13.8 Å². The standard InChI is InChI=1S/C31H39N3O4S/c1-7-28(30(36)32-31(4,5)6)33(21-25-14-10-8-11-15-25)29(35)22-34(26-19-18-23(2)24(3)20-26)39(37,38)27-16-12-9-13-17-27/h8-20,28H,7,21-22H2,1-6H3,(H,32,36). The van der Waals surface area contributed by atoms with E-state index < -0.39 is 34.1 Å². The van der Waals surface area contributed by atoms with Gasteiger partial charge < -0.3 is 10.2 Å². The quantitative estimate of drug-likeness (QED) is 0.376. The second-order valence-electron chi connectivity index (χ2n) is 10.8. The highest BCUT2D eigenvalue weighted by Gasteiger charge is 2.34. The Hall–Kier alpha value is -3.65. The third-order valence-corrected chi connectivity index (χ3v) is 8.26. The van der Waals surface area contributed by atoms with Gasteiger partial charge in [-0.25, -0.2) is 8.42 Å². The van der Waals surface area contributed by atoms with Gasteiger partial charge in [0.15, 0.2) is 0 Å². The van der Waals surface area contributed by atoms with Gasteiger partial charge in [-0.05, 0) is 82.0 Å². The second kappa shape index (κ2) is 12.5. The molecular formula is C31H39N3O4S. The summed E-state index contributed by atoms with van der Waals surface area (Å²) >= 11 is 0. The molecule has 208 valence electrons. The topological polar surface area (TPSA) is 86.8 Å². The number of amides is 2. The number of aryl methyl sites for hydroxylation is 2. The van der Waals surface area contributed by atoms with E-state index in [1.54, 1.807) is 30.3 Å².